The van der Waals surface area contributed by atoms with Gasteiger partial charge < -0.3 is 9.32 Å². The molecular weight excluding hydrogens is 387 g/mol. The van der Waals surface area contributed by atoms with Crippen LogP contribution in [0.15, 0.2) is 52.9 Å². The lowest BCUT2D eigenvalue weighted by Gasteiger charge is -2.16. The minimum Gasteiger partial charge on any atom is -0.407 e. The quantitative estimate of drug-likeness (QED) is 0.722. The van der Waals surface area contributed by atoms with E-state index in [1.54, 1.807) is 35.2 Å². The summed E-state index contributed by atoms with van der Waals surface area (Å²) in [7, 11) is 0. The van der Waals surface area contributed by atoms with Crippen LogP contribution in [0.3, 0.4) is 0 Å². The van der Waals surface area contributed by atoms with Gasteiger partial charge in [-0.05, 0) is 36.4 Å². The number of carbonyl (C=O) groups is 2. The van der Waals surface area contributed by atoms with Gasteiger partial charge >= 0.3 is 6.01 Å². The van der Waals surface area contributed by atoms with Crippen molar-refractivity contribution in [3.05, 3.63) is 70.8 Å². The SMILES string of the molecule is O=C(Nc1nnc([C@@H]2CC(=O)N(c3ccc(Cl)cc3)C2)o1)c1ccccc1F. The number of anilines is 2. The number of rotatable bonds is 4. The van der Waals surface area contributed by atoms with Crippen molar-refractivity contribution in [3.63, 3.8) is 0 Å². The first kappa shape index (κ1) is 18.1. The molecule has 142 valence electrons. The molecule has 2 aromatic carbocycles. The van der Waals surface area contributed by atoms with Crippen LogP contribution in [0.25, 0.3) is 0 Å². The Bertz CT molecular complexity index is 1040. The molecule has 1 aliphatic rings. The van der Waals surface area contributed by atoms with E-state index in [2.05, 4.69) is 15.5 Å². The number of amides is 2. The molecule has 0 radical (unpaired) electrons. The van der Waals surface area contributed by atoms with Gasteiger partial charge in [-0.15, -0.1) is 5.10 Å². The first-order valence-corrected chi connectivity index (χ1v) is 8.84. The highest BCUT2D eigenvalue weighted by molar-refractivity contribution is 6.30. The smallest absolute Gasteiger partial charge is 0.322 e. The summed E-state index contributed by atoms with van der Waals surface area (Å²) in [6.07, 6.45) is 0.200. The topological polar surface area (TPSA) is 88.3 Å². The third kappa shape index (κ3) is 3.59. The van der Waals surface area contributed by atoms with Crippen molar-refractivity contribution in [2.45, 2.75) is 12.3 Å². The van der Waals surface area contributed by atoms with Gasteiger partial charge in [-0.3, -0.25) is 14.9 Å². The number of carbonyl (C=O) groups excluding carboxylic acids is 2. The van der Waals surface area contributed by atoms with E-state index in [-0.39, 0.29) is 35.7 Å². The minimum absolute atomic E-state index is 0.0811. The monoisotopic (exact) mass is 400 g/mol. The Morgan fingerprint density at radius 2 is 1.93 bits per heavy atom. The minimum atomic E-state index is -0.696. The molecule has 1 saturated heterocycles. The summed E-state index contributed by atoms with van der Waals surface area (Å²) in [5.74, 6) is -1.51. The van der Waals surface area contributed by atoms with E-state index in [0.29, 0.717) is 11.6 Å². The number of halogens is 2. The molecule has 1 aliphatic heterocycles. The summed E-state index contributed by atoms with van der Waals surface area (Å²) < 4.78 is 19.2. The van der Waals surface area contributed by atoms with Crippen LogP contribution in [0.4, 0.5) is 16.1 Å². The zero-order valence-corrected chi connectivity index (χ0v) is 15.2. The van der Waals surface area contributed by atoms with Gasteiger partial charge in [0, 0.05) is 23.7 Å². The van der Waals surface area contributed by atoms with Gasteiger partial charge in [0.1, 0.15) is 5.82 Å². The summed E-state index contributed by atoms with van der Waals surface area (Å²) in [5, 5.41) is 10.6. The summed E-state index contributed by atoms with van der Waals surface area (Å²) in [6.45, 7) is 0.364. The first-order valence-electron chi connectivity index (χ1n) is 8.46. The average molecular weight is 401 g/mol. The van der Waals surface area contributed by atoms with Crippen LogP contribution in [0.2, 0.25) is 5.02 Å². The third-order valence-electron chi connectivity index (χ3n) is 4.39. The molecule has 2 amide bonds. The van der Waals surface area contributed by atoms with E-state index in [4.69, 9.17) is 16.0 Å². The average Bonchev–Trinajstić information content (AvgIpc) is 3.29. The van der Waals surface area contributed by atoms with Crippen LogP contribution in [0.1, 0.15) is 28.6 Å². The fraction of sp³-hybridized carbons (Fsp3) is 0.158. The highest BCUT2D eigenvalue weighted by Crippen LogP contribution is 2.32. The Morgan fingerprint density at radius 3 is 2.68 bits per heavy atom. The van der Waals surface area contributed by atoms with Crippen LogP contribution in [-0.2, 0) is 4.79 Å². The van der Waals surface area contributed by atoms with E-state index in [0.717, 1.165) is 5.69 Å². The Balaban J connectivity index is 1.46. The molecule has 0 saturated carbocycles. The van der Waals surface area contributed by atoms with Crippen LogP contribution in [0, 0.1) is 5.82 Å². The van der Waals surface area contributed by atoms with E-state index < -0.39 is 11.7 Å². The Kier molecular flexibility index (Phi) is 4.79. The molecule has 9 heteroatoms. The maximum absolute atomic E-state index is 13.7. The normalized spacial score (nSPS) is 16.4. The second-order valence-corrected chi connectivity index (χ2v) is 6.70. The number of benzene rings is 2. The zero-order chi connectivity index (χ0) is 19.7. The zero-order valence-electron chi connectivity index (χ0n) is 14.4. The van der Waals surface area contributed by atoms with Gasteiger partial charge in [0.25, 0.3) is 5.91 Å². The van der Waals surface area contributed by atoms with Crippen molar-refractivity contribution < 1.29 is 18.4 Å². The lowest BCUT2D eigenvalue weighted by molar-refractivity contribution is -0.117. The van der Waals surface area contributed by atoms with Gasteiger partial charge in [0.05, 0.1) is 11.5 Å². The molecule has 1 N–H and O–H groups in total. The Morgan fingerprint density at radius 1 is 1.18 bits per heavy atom. The number of aromatic nitrogens is 2. The molecule has 3 aromatic rings. The van der Waals surface area contributed by atoms with Crippen LogP contribution < -0.4 is 10.2 Å². The number of hydrogen-bond donors (Lipinski definition) is 1. The predicted octanol–water partition coefficient (Wildman–Crippen LogP) is 3.63. The summed E-state index contributed by atoms with van der Waals surface area (Å²) in [4.78, 5) is 26.1. The molecule has 0 aliphatic carbocycles. The Hall–Kier alpha value is -3.26. The highest BCUT2D eigenvalue weighted by Gasteiger charge is 2.35. The van der Waals surface area contributed by atoms with E-state index in [1.807, 2.05) is 0 Å². The lowest BCUT2D eigenvalue weighted by atomic mass is 10.1. The van der Waals surface area contributed by atoms with Crippen molar-refractivity contribution in [1.82, 2.24) is 10.2 Å². The Labute approximate surface area is 164 Å². The predicted molar refractivity (Wildman–Crippen MR) is 99.8 cm³/mol. The fourth-order valence-electron chi connectivity index (χ4n) is 3.00. The summed E-state index contributed by atoms with van der Waals surface area (Å²) in [5.41, 5.74) is 0.594. The number of hydrogen-bond acceptors (Lipinski definition) is 5. The molecule has 1 fully saturated rings. The molecule has 1 atom stereocenters. The number of nitrogens with zero attached hydrogens (tertiary/aromatic N) is 3. The maximum atomic E-state index is 13.7. The molecule has 0 unspecified atom stereocenters. The van der Waals surface area contributed by atoms with Gasteiger partial charge in [-0.2, -0.15) is 0 Å². The molecule has 0 bridgehead atoms. The van der Waals surface area contributed by atoms with E-state index in [9.17, 15) is 14.0 Å². The molecule has 4 rings (SSSR count). The van der Waals surface area contributed by atoms with Gasteiger partial charge in [0.2, 0.25) is 11.8 Å². The van der Waals surface area contributed by atoms with Crippen LogP contribution in [-0.4, -0.2) is 28.6 Å². The lowest BCUT2D eigenvalue weighted by Crippen LogP contribution is -2.24. The molecular formula is C19H14ClFN4O3. The standard InChI is InChI=1S/C19H14ClFN4O3/c20-12-5-7-13(8-6-12)25-10-11(9-16(25)26)18-23-24-19(28-18)22-17(27)14-3-1-2-4-15(14)21/h1-8,11H,9-10H2,(H,22,24,27)/t11-/m1/s1. The van der Waals surface area contributed by atoms with Crippen molar-refractivity contribution in [3.8, 4) is 0 Å². The van der Waals surface area contributed by atoms with Crippen molar-refractivity contribution in [2.75, 3.05) is 16.8 Å². The van der Waals surface area contributed by atoms with E-state index in [1.165, 1.54) is 18.2 Å². The summed E-state index contributed by atoms with van der Waals surface area (Å²) >= 11 is 5.88. The van der Waals surface area contributed by atoms with Crippen LogP contribution >= 0.6 is 11.6 Å². The molecule has 2 heterocycles. The largest absolute Gasteiger partial charge is 0.407 e. The van der Waals surface area contributed by atoms with E-state index >= 15 is 0 Å². The van der Waals surface area contributed by atoms with Crippen LogP contribution in [0.5, 0.6) is 0 Å². The van der Waals surface area contributed by atoms with Gasteiger partial charge in [-0.1, -0.05) is 28.8 Å². The second-order valence-electron chi connectivity index (χ2n) is 6.26. The molecule has 28 heavy (non-hydrogen) atoms. The van der Waals surface area contributed by atoms with Crippen molar-refractivity contribution in [2.24, 2.45) is 0 Å². The van der Waals surface area contributed by atoms with Crippen molar-refractivity contribution in [1.29, 1.82) is 0 Å². The highest BCUT2D eigenvalue weighted by atomic mass is 35.5. The van der Waals surface area contributed by atoms with Gasteiger partial charge in [-0.25, -0.2) is 4.39 Å². The summed E-state index contributed by atoms with van der Waals surface area (Å²) in [6, 6.07) is 12.4. The fourth-order valence-corrected chi connectivity index (χ4v) is 3.13. The van der Waals surface area contributed by atoms with Gasteiger partial charge in [0.15, 0.2) is 0 Å². The maximum Gasteiger partial charge on any atom is 0.322 e. The number of nitrogens with one attached hydrogen (secondary N) is 1. The molecule has 0 spiro atoms. The van der Waals surface area contributed by atoms with Crippen molar-refractivity contribution >= 4 is 35.1 Å². The molecule has 7 nitrogen and oxygen atoms in total. The first-order chi connectivity index (χ1) is 13.5. The third-order valence-corrected chi connectivity index (χ3v) is 4.64. The molecule has 1 aromatic heterocycles. The second kappa shape index (κ2) is 7.40.